The van der Waals surface area contributed by atoms with Gasteiger partial charge in [0.1, 0.15) is 0 Å². The number of rotatable bonds is 8. The smallest absolute Gasteiger partial charge is 0.237 e. The SMILES string of the molecule is C=CCNC(=O)C(C)N(CCO)CCO. The van der Waals surface area contributed by atoms with E-state index in [1.807, 2.05) is 0 Å². The van der Waals surface area contributed by atoms with Crippen LogP contribution in [0.25, 0.3) is 0 Å². The lowest BCUT2D eigenvalue weighted by Gasteiger charge is -2.26. The molecule has 3 N–H and O–H groups in total. The van der Waals surface area contributed by atoms with Crippen LogP contribution < -0.4 is 5.32 Å². The maximum atomic E-state index is 11.5. The Morgan fingerprint density at radius 2 is 2.00 bits per heavy atom. The summed E-state index contributed by atoms with van der Waals surface area (Å²) in [7, 11) is 0. The molecule has 1 unspecified atom stereocenters. The van der Waals surface area contributed by atoms with Crippen LogP contribution in [0.3, 0.4) is 0 Å². The molecular weight excluding hydrogens is 196 g/mol. The second kappa shape index (κ2) is 8.40. The second-order valence-corrected chi connectivity index (χ2v) is 3.19. The molecular formula is C10H20N2O3. The Labute approximate surface area is 90.4 Å². The van der Waals surface area contributed by atoms with Gasteiger partial charge in [-0.15, -0.1) is 6.58 Å². The summed E-state index contributed by atoms with van der Waals surface area (Å²) in [6, 6.07) is -0.357. The van der Waals surface area contributed by atoms with Gasteiger partial charge in [-0.3, -0.25) is 9.69 Å². The largest absolute Gasteiger partial charge is 0.395 e. The van der Waals surface area contributed by atoms with Gasteiger partial charge in [0, 0.05) is 19.6 Å². The first-order valence-corrected chi connectivity index (χ1v) is 5.01. The number of nitrogens with one attached hydrogen (secondary N) is 1. The number of aliphatic hydroxyl groups excluding tert-OH is 2. The van der Waals surface area contributed by atoms with E-state index in [4.69, 9.17) is 10.2 Å². The number of amides is 1. The van der Waals surface area contributed by atoms with Gasteiger partial charge in [0.2, 0.25) is 5.91 Å². The fourth-order valence-electron chi connectivity index (χ4n) is 1.24. The van der Waals surface area contributed by atoms with E-state index in [1.165, 1.54) is 0 Å². The van der Waals surface area contributed by atoms with E-state index in [0.717, 1.165) is 0 Å². The van der Waals surface area contributed by atoms with Crippen molar-refractivity contribution in [3.05, 3.63) is 12.7 Å². The van der Waals surface area contributed by atoms with Crippen molar-refractivity contribution in [2.75, 3.05) is 32.8 Å². The minimum Gasteiger partial charge on any atom is -0.395 e. The fraction of sp³-hybridized carbons (Fsp3) is 0.700. The Balaban J connectivity index is 4.14. The Hall–Kier alpha value is -0.910. The predicted octanol–water partition coefficient (Wildman–Crippen LogP) is -1.04. The molecule has 0 aromatic heterocycles. The molecule has 0 fully saturated rings. The summed E-state index contributed by atoms with van der Waals surface area (Å²) in [5, 5.41) is 20.3. The average Bonchev–Trinajstić information content (AvgIpc) is 2.24. The molecule has 0 aliphatic carbocycles. The van der Waals surface area contributed by atoms with Crippen molar-refractivity contribution in [1.82, 2.24) is 10.2 Å². The van der Waals surface area contributed by atoms with Gasteiger partial charge in [-0.05, 0) is 6.92 Å². The monoisotopic (exact) mass is 216 g/mol. The fourth-order valence-corrected chi connectivity index (χ4v) is 1.24. The Morgan fingerprint density at radius 3 is 2.40 bits per heavy atom. The normalized spacial score (nSPS) is 12.5. The summed E-state index contributed by atoms with van der Waals surface area (Å²) in [6.07, 6.45) is 1.60. The van der Waals surface area contributed by atoms with Crippen LogP contribution in [-0.4, -0.2) is 59.9 Å². The maximum absolute atomic E-state index is 11.5. The minimum absolute atomic E-state index is 0.0287. The molecule has 0 spiro atoms. The summed E-state index contributed by atoms with van der Waals surface area (Å²) in [5.41, 5.74) is 0. The van der Waals surface area contributed by atoms with Gasteiger partial charge in [-0.1, -0.05) is 6.08 Å². The van der Waals surface area contributed by atoms with Gasteiger partial charge in [0.25, 0.3) is 0 Å². The van der Waals surface area contributed by atoms with Gasteiger partial charge in [0.15, 0.2) is 0 Å². The number of carbonyl (C=O) groups excluding carboxylic acids is 1. The van der Waals surface area contributed by atoms with Crippen molar-refractivity contribution in [1.29, 1.82) is 0 Å². The van der Waals surface area contributed by atoms with Gasteiger partial charge in [0.05, 0.1) is 19.3 Å². The quantitative estimate of drug-likeness (QED) is 0.453. The third kappa shape index (κ3) is 5.51. The topological polar surface area (TPSA) is 72.8 Å². The van der Waals surface area contributed by atoms with E-state index in [9.17, 15) is 4.79 Å². The standard InChI is InChI=1S/C10H20N2O3/c1-3-4-11-10(15)9(2)12(5-7-13)6-8-14/h3,9,13-14H,1,4-8H2,2H3,(H,11,15). The Kier molecular flexibility index (Phi) is 7.89. The Morgan fingerprint density at radius 1 is 1.47 bits per heavy atom. The molecule has 0 radical (unpaired) electrons. The first-order chi connectivity index (χ1) is 7.17. The average molecular weight is 216 g/mol. The summed E-state index contributed by atoms with van der Waals surface area (Å²) in [6.45, 7) is 6.37. The molecule has 0 saturated heterocycles. The zero-order valence-electron chi connectivity index (χ0n) is 9.15. The maximum Gasteiger partial charge on any atom is 0.237 e. The molecule has 88 valence electrons. The van der Waals surface area contributed by atoms with Crippen molar-refractivity contribution in [3.63, 3.8) is 0 Å². The predicted molar refractivity (Wildman–Crippen MR) is 58.4 cm³/mol. The summed E-state index contributed by atoms with van der Waals surface area (Å²) >= 11 is 0. The van der Waals surface area contributed by atoms with Crippen molar-refractivity contribution in [2.45, 2.75) is 13.0 Å². The van der Waals surface area contributed by atoms with Crippen LogP contribution in [0, 0.1) is 0 Å². The van der Waals surface area contributed by atoms with E-state index < -0.39 is 0 Å². The highest BCUT2D eigenvalue weighted by Gasteiger charge is 2.19. The molecule has 5 heteroatoms. The molecule has 0 aromatic rings. The summed E-state index contributed by atoms with van der Waals surface area (Å²) < 4.78 is 0. The molecule has 5 nitrogen and oxygen atoms in total. The van der Waals surface area contributed by atoms with Crippen LogP contribution in [-0.2, 0) is 4.79 Å². The molecule has 0 rings (SSSR count). The van der Waals surface area contributed by atoms with E-state index in [2.05, 4.69) is 11.9 Å². The van der Waals surface area contributed by atoms with E-state index >= 15 is 0 Å². The van der Waals surface area contributed by atoms with Crippen molar-refractivity contribution in [2.24, 2.45) is 0 Å². The third-order valence-electron chi connectivity index (χ3n) is 2.12. The number of nitrogens with zero attached hydrogens (tertiary/aromatic N) is 1. The van der Waals surface area contributed by atoms with Gasteiger partial charge in [-0.2, -0.15) is 0 Å². The number of aliphatic hydroxyl groups is 2. The minimum atomic E-state index is -0.357. The first-order valence-electron chi connectivity index (χ1n) is 5.01. The van der Waals surface area contributed by atoms with Crippen molar-refractivity contribution >= 4 is 5.91 Å². The highest BCUT2D eigenvalue weighted by atomic mass is 16.3. The highest BCUT2D eigenvalue weighted by molar-refractivity contribution is 5.81. The van der Waals surface area contributed by atoms with Crippen LogP contribution in [0.1, 0.15) is 6.92 Å². The van der Waals surface area contributed by atoms with Crippen LogP contribution in [0.5, 0.6) is 0 Å². The molecule has 0 aliphatic heterocycles. The molecule has 15 heavy (non-hydrogen) atoms. The van der Waals surface area contributed by atoms with E-state index in [-0.39, 0.29) is 25.2 Å². The molecule has 0 aliphatic rings. The number of carbonyl (C=O) groups is 1. The molecule has 0 saturated carbocycles. The summed E-state index contributed by atoms with van der Waals surface area (Å²) in [4.78, 5) is 13.2. The van der Waals surface area contributed by atoms with Crippen LogP contribution in [0.4, 0.5) is 0 Å². The zero-order chi connectivity index (χ0) is 11.7. The molecule has 1 amide bonds. The molecule has 1 atom stereocenters. The number of hydrogen-bond acceptors (Lipinski definition) is 4. The summed E-state index contributed by atoms with van der Waals surface area (Å²) in [5.74, 6) is -0.128. The first kappa shape index (κ1) is 14.1. The van der Waals surface area contributed by atoms with Gasteiger partial charge in [-0.25, -0.2) is 0 Å². The van der Waals surface area contributed by atoms with Crippen LogP contribution >= 0.6 is 0 Å². The van der Waals surface area contributed by atoms with Crippen molar-refractivity contribution in [3.8, 4) is 0 Å². The molecule has 0 bridgehead atoms. The zero-order valence-corrected chi connectivity index (χ0v) is 9.15. The van der Waals surface area contributed by atoms with Crippen LogP contribution in [0.2, 0.25) is 0 Å². The lowest BCUT2D eigenvalue weighted by molar-refractivity contribution is -0.126. The van der Waals surface area contributed by atoms with E-state index in [1.54, 1.807) is 17.9 Å². The van der Waals surface area contributed by atoms with E-state index in [0.29, 0.717) is 19.6 Å². The second-order valence-electron chi connectivity index (χ2n) is 3.19. The molecule has 0 heterocycles. The van der Waals surface area contributed by atoms with Gasteiger partial charge >= 0.3 is 0 Å². The Bertz CT molecular complexity index is 191. The lowest BCUT2D eigenvalue weighted by Crippen LogP contribution is -2.47. The highest BCUT2D eigenvalue weighted by Crippen LogP contribution is 1.98. The van der Waals surface area contributed by atoms with Gasteiger partial charge < -0.3 is 15.5 Å². The van der Waals surface area contributed by atoms with Crippen molar-refractivity contribution < 1.29 is 15.0 Å². The van der Waals surface area contributed by atoms with Crippen LogP contribution in [0.15, 0.2) is 12.7 Å². The number of hydrogen-bond donors (Lipinski definition) is 3. The third-order valence-corrected chi connectivity index (χ3v) is 2.12. The lowest BCUT2D eigenvalue weighted by atomic mass is 10.2. The molecule has 0 aromatic carbocycles.